The van der Waals surface area contributed by atoms with Crippen molar-refractivity contribution in [2.24, 2.45) is 5.73 Å². The first-order chi connectivity index (χ1) is 10.6. The van der Waals surface area contributed by atoms with Gasteiger partial charge in [0.1, 0.15) is 0 Å². The van der Waals surface area contributed by atoms with Crippen molar-refractivity contribution in [2.45, 2.75) is 74.8 Å². The van der Waals surface area contributed by atoms with Gasteiger partial charge in [-0.05, 0) is 56.1 Å². The van der Waals surface area contributed by atoms with Crippen molar-refractivity contribution in [2.75, 3.05) is 0 Å². The van der Waals surface area contributed by atoms with Crippen LogP contribution < -0.4 is 11.1 Å². The number of rotatable bonds is 5. The highest BCUT2D eigenvalue weighted by Gasteiger charge is 2.53. The molecule has 3 saturated carbocycles. The van der Waals surface area contributed by atoms with E-state index in [9.17, 15) is 4.79 Å². The lowest BCUT2D eigenvalue weighted by atomic mass is 9.87. The van der Waals surface area contributed by atoms with E-state index in [0.717, 1.165) is 44.9 Å². The predicted molar refractivity (Wildman–Crippen MR) is 87.6 cm³/mol. The van der Waals surface area contributed by atoms with E-state index < -0.39 is 0 Å². The smallest absolute Gasteiger partial charge is 0.230 e. The highest BCUT2D eigenvalue weighted by Crippen LogP contribution is 2.51. The summed E-state index contributed by atoms with van der Waals surface area (Å²) in [6.07, 6.45) is 9.92. The van der Waals surface area contributed by atoms with Gasteiger partial charge < -0.3 is 11.1 Å². The van der Waals surface area contributed by atoms with Crippen LogP contribution in [0.5, 0.6) is 0 Å². The van der Waals surface area contributed by atoms with E-state index in [4.69, 9.17) is 5.73 Å². The van der Waals surface area contributed by atoms with Crippen LogP contribution in [0.3, 0.4) is 0 Å². The molecule has 1 aromatic carbocycles. The fourth-order valence-corrected chi connectivity index (χ4v) is 4.00. The molecule has 3 heteroatoms. The van der Waals surface area contributed by atoms with Gasteiger partial charge in [0.15, 0.2) is 0 Å². The standard InChI is InChI=1S/C19H26N2O/c20-18(9-10-18)13-14-5-1-4-8-16(14)19(11-12-19)17(22)21-15-6-2-3-7-15/h1,4-5,8,15H,2-3,6-7,9-13,20H2,(H,21,22). The Morgan fingerprint density at radius 2 is 1.82 bits per heavy atom. The normalized spacial score (nSPS) is 25.0. The van der Waals surface area contributed by atoms with Gasteiger partial charge in [0.05, 0.1) is 5.41 Å². The Kier molecular flexibility index (Phi) is 3.30. The van der Waals surface area contributed by atoms with Crippen molar-refractivity contribution in [3.63, 3.8) is 0 Å². The second-order valence-corrected chi connectivity index (χ2v) is 7.73. The van der Waals surface area contributed by atoms with E-state index in [1.807, 2.05) is 0 Å². The molecule has 1 aromatic rings. The number of hydrogen-bond donors (Lipinski definition) is 2. The number of amides is 1. The van der Waals surface area contributed by atoms with Crippen molar-refractivity contribution >= 4 is 5.91 Å². The van der Waals surface area contributed by atoms with E-state index in [1.54, 1.807) is 0 Å². The summed E-state index contributed by atoms with van der Waals surface area (Å²) >= 11 is 0. The minimum absolute atomic E-state index is 0.00584. The zero-order valence-electron chi connectivity index (χ0n) is 13.2. The average molecular weight is 298 g/mol. The second kappa shape index (κ2) is 5.09. The molecule has 0 heterocycles. The molecule has 118 valence electrons. The highest BCUT2D eigenvalue weighted by molar-refractivity contribution is 5.92. The summed E-state index contributed by atoms with van der Waals surface area (Å²) in [5, 5.41) is 3.32. The molecular weight excluding hydrogens is 272 g/mol. The SMILES string of the molecule is NC1(Cc2ccccc2C2(C(=O)NC3CCCC3)CC2)CC1. The van der Waals surface area contributed by atoms with Crippen molar-refractivity contribution in [1.82, 2.24) is 5.32 Å². The van der Waals surface area contributed by atoms with Gasteiger partial charge in [-0.15, -0.1) is 0 Å². The first-order valence-corrected chi connectivity index (χ1v) is 8.80. The summed E-state index contributed by atoms with van der Waals surface area (Å²) in [5.74, 6) is 0.258. The molecule has 3 aliphatic rings. The zero-order chi connectivity index (χ0) is 15.2. The Bertz CT molecular complexity index is 581. The Labute approximate surface area is 132 Å². The Morgan fingerprint density at radius 3 is 2.45 bits per heavy atom. The van der Waals surface area contributed by atoms with Gasteiger partial charge in [-0.25, -0.2) is 0 Å². The quantitative estimate of drug-likeness (QED) is 0.878. The number of carbonyl (C=O) groups is 1. The molecule has 0 radical (unpaired) electrons. The molecule has 0 aliphatic heterocycles. The molecule has 3 aliphatic carbocycles. The fraction of sp³-hybridized carbons (Fsp3) is 0.632. The predicted octanol–water partition coefficient (Wildman–Crippen LogP) is 2.81. The lowest BCUT2D eigenvalue weighted by Crippen LogP contribution is -2.41. The third kappa shape index (κ3) is 2.56. The van der Waals surface area contributed by atoms with E-state index in [0.29, 0.717) is 6.04 Å². The summed E-state index contributed by atoms with van der Waals surface area (Å²) in [6.45, 7) is 0. The lowest BCUT2D eigenvalue weighted by Gasteiger charge is -2.23. The molecular formula is C19H26N2O. The summed E-state index contributed by atoms with van der Waals surface area (Å²) in [7, 11) is 0. The molecule has 1 amide bonds. The third-order valence-corrected chi connectivity index (χ3v) is 5.84. The van der Waals surface area contributed by atoms with Gasteiger partial charge in [0, 0.05) is 11.6 Å². The second-order valence-electron chi connectivity index (χ2n) is 7.73. The van der Waals surface area contributed by atoms with E-state index in [2.05, 4.69) is 29.6 Å². The summed E-state index contributed by atoms with van der Waals surface area (Å²) in [6, 6.07) is 8.88. The summed E-state index contributed by atoms with van der Waals surface area (Å²) in [5.41, 5.74) is 8.58. The molecule has 4 rings (SSSR count). The van der Waals surface area contributed by atoms with Crippen LogP contribution >= 0.6 is 0 Å². The number of carbonyl (C=O) groups excluding carboxylic acids is 1. The van der Waals surface area contributed by atoms with Crippen LogP contribution in [0, 0.1) is 0 Å². The van der Waals surface area contributed by atoms with Crippen LogP contribution in [0.1, 0.15) is 62.5 Å². The molecule has 0 atom stereocenters. The van der Waals surface area contributed by atoms with Gasteiger partial charge in [-0.1, -0.05) is 37.1 Å². The highest BCUT2D eigenvalue weighted by atomic mass is 16.2. The topological polar surface area (TPSA) is 55.1 Å². The van der Waals surface area contributed by atoms with Crippen LogP contribution in [-0.4, -0.2) is 17.5 Å². The largest absolute Gasteiger partial charge is 0.353 e. The van der Waals surface area contributed by atoms with Crippen molar-refractivity contribution in [3.05, 3.63) is 35.4 Å². The number of hydrogen-bond acceptors (Lipinski definition) is 2. The Balaban J connectivity index is 1.56. The maximum atomic E-state index is 12.9. The molecule has 0 bridgehead atoms. The third-order valence-electron chi connectivity index (χ3n) is 5.84. The van der Waals surface area contributed by atoms with Gasteiger partial charge in [-0.3, -0.25) is 4.79 Å². The zero-order valence-corrected chi connectivity index (χ0v) is 13.2. The average Bonchev–Trinajstić information content (AvgIpc) is 3.40. The minimum Gasteiger partial charge on any atom is -0.353 e. The Hall–Kier alpha value is -1.35. The summed E-state index contributed by atoms with van der Waals surface area (Å²) < 4.78 is 0. The van der Waals surface area contributed by atoms with Crippen LogP contribution in [0.25, 0.3) is 0 Å². The summed E-state index contributed by atoms with van der Waals surface area (Å²) in [4.78, 5) is 12.9. The molecule has 0 aromatic heterocycles. The van der Waals surface area contributed by atoms with Crippen LogP contribution in [0.2, 0.25) is 0 Å². The van der Waals surface area contributed by atoms with Crippen LogP contribution in [0.4, 0.5) is 0 Å². The van der Waals surface area contributed by atoms with E-state index >= 15 is 0 Å². The van der Waals surface area contributed by atoms with Crippen molar-refractivity contribution < 1.29 is 4.79 Å². The van der Waals surface area contributed by atoms with Gasteiger partial charge >= 0.3 is 0 Å². The van der Waals surface area contributed by atoms with Gasteiger partial charge in [0.25, 0.3) is 0 Å². The van der Waals surface area contributed by atoms with Gasteiger partial charge in [-0.2, -0.15) is 0 Å². The minimum atomic E-state index is -0.259. The molecule has 0 unspecified atom stereocenters. The van der Waals surface area contributed by atoms with Crippen molar-refractivity contribution in [3.8, 4) is 0 Å². The van der Waals surface area contributed by atoms with Crippen LogP contribution in [0.15, 0.2) is 24.3 Å². The van der Waals surface area contributed by atoms with E-state index in [-0.39, 0.29) is 16.9 Å². The first-order valence-electron chi connectivity index (χ1n) is 8.80. The monoisotopic (exact) mass is 298 g/mol. The van der Waals surface area contributed by atoms with E-state index in [1.165, 1.54) is 24.0 Å². The van der Waals surface area contributed by atoms with Gasteiger partial charge in [0.2, 0.25) is 5.91 Å². The molecule has 0 saturated heterocycles. The number of benzene rings is 1. The first kappa shape index (κ1) is 14.3. The molecule has 22 heavy (non-hydrogen) atoms. The maximum absolute atomic E-state index is 12.9. The van der Waals surface area contributed by atoms with Crippen LogP contribution in [-0.2, 0) is 16.6 Å². The molecule has 3 N–H and O–H groups in total. The Morgan fingerprint density at radius 1 is 1.14 bits per heavy atom. The lowest BCUT2D eigenvalue weighted by molar-refractivity contribution is -0.124. The fourth-order valence-electron chi connectivity index (χ4n) is 4.00. The molecule has 0 spiro atoms. The number of nitrogens with two attached hydrogens (primary N) is 1. The molecule has 3 nitrogen and oxygen atoms in total. The number of nitrogens with one attached hydrogen (secondary N) is 1. The molecule has 3 fully saturated rings. The van der Waals surface area contributed by atoms with Crippen molar-refractivity contribution in [1.29, 1.82) is 0 Å². The maximum Gasteiger partial charge on any atom is 0.230 e.